The van der Waals surface area contributed by atoms with E-state index in [-0.39, 0.29) is 28.4 Å². The third-order valence-corrected chi connectivity index (χ3v) is 6.26. The third-order valence-electron chi connectivity index (χ3n) is 4.57. The van der Waals surface area contributed by atoms with Crippen molar-refractivity contribution in [2.24, 2.45) is 5.92 Å². The summed E-state index contributed by atoms with van der Waals surface area (Å²) < 4.78 is 40.2. The first-order chi connectivity index (χ1) is 12.8. The molecule has 0 saturated heterocycles. The summed E-state index contributed by atoms with van der Waals surface area (Å²) in [5.74, 6) is -0.245. The first-order valence-corrected chi connectivity index (χ1v) is 10.5. The van der Waals surface area contributed by atoms with Gasteiger partial charge in [-0.05, 0) is 61.6 Å². The van der Waals surface area contributed by atoms with E-state index in [0.29, 0.717) is 17.0 Å². The monoisotopic (exact) mass is 410 g/mol. The maximum absolute atomic E-state index is 13.2. The molecule has 0 bridgehead atoms. The number of carbonyl (C=O) groups excluding carboxylic acids is 1. The normalized spacial score (nSPS) is 15.4. The summed E-state index contributed by atoms with van der Waals surface area (Å²) in [6, 6.07) is 10.1. The first-order valence-electron chi connectivity index (χ1n) is 8.61. The minimum absolute atomic E-state index is 0.0394. The summed E-state index contributed by atoms with van der Waals surface area (Å²) in [5, 5.41) is 2.72. The van der Waals surface area contributed by atoms with Gasteiger partial charge < -0.3 is 5.32 Å². The van der Waals surface area contributed by atoms with Crippen LogP contribution in [0.15, 0.2) is 47.4 Å². The smallest absolute Gasteiger partial charge is 0.251 e. The molecule has 5 nitrogen and oxygen atoms in total. The molecule has 0 radical (unpaired) electrons. The van der Waals surface area contributed by atoms with E-state index in [9.17, 15) is 17.6 Å². The minimum atomic E-state index is -3.82. The lowest BCUT2D eigenvalue weighted by atomic mass is 10.1. The molecule has 8 heteroatoms. The number of benzene rings is 2. The molecule has 2 N–H and O–H groups in total. The Kier molecular flexibility index (Phi) is 5.83. The molecule has 1 aliphatic rings. The van der Waals surface area contributed by atoms with Gasteiger partial charge in [0.25, 0.3) is 5.91 Å². The zero-order chi connectivity index (χ0) is 19.6. The van der Waals surface area contributed by atoms with Crippen LogP contribution in [-0.4, -0.2) is 20.4 Å². The number of halogens is 2. The molecule has 0 aromatic heterocycles. The number of sulfonamides is 1. The number of amides is 1. The quantitative estimate of drug-likeness (QED) is 0.733. The van der Waals surface area contributed by atoms with Gasteiger partial charge in [0.15, 0.2) is 0 Å². The summed E-state index contributed by atoms with van der Waals surface area (Å²) in [7, 11) is -3.82. The molecular formula is C19H20ClFN2O3S. The van der Waals surface area contributed by atoms with Crippen molar-refractivity contribution in [1.82, 2.24) is 10.0 Å². The van der Waals surface area contributed by atoms with Gasteiger partial charge in [-0.15, -0.1) is 0 Å². The second kappa shape index (κ2) is 7.96. The Hall–Kier alpha value is -1.96. The van der Waals surface area contributed by atoms with Crippen molar-refractivity contribution in [2.45, 2.75) is 37.2 Å². The zero-order valence-corrected chi connectivity index (χ0v) is 16.3. The zero-order valence-electron chi connectivity index (χ0n) is 14.7. The fourth-order valence-corrected chi connectivity index (χ4v) is 3.97. The SMILES string of the molecule is C[C@H](NC(=O)c1ccc(CNS(=O)(=O)c2ccc(F)c(Cl)c2)cc1)C1CC1. The van der Waals surface area contributed by atoms with Crippen LogP contribution in [0, 0.1) is 11.7 Å². The minimum Gasteiger partial charge on any atom is -0.349 e. The van der Waals surface area contributed by atoms with E-state index >= 15 is 0 Å². The molecule has 0 unspecified atom stereocenters. The number of hydrogen-bond acceptors (Lipinski definition) is 3. The Balaban J connectivity index is 1.60. The van der Waals surface area contributed by atoms with Crippen LogP contribution in [-0.2, 0) is 16.6 Å². The van der Waals surface area contributed by atoms with E-state index in [0.717, 1.165) is 31.0 Å². The number of hydrogen-bond donors (Lipinski definition) is 2. The molecule has 1 fully saturated rings. The Morgan fingerprint density at radius 1 is 1.22 bits per heavy atom. The molecule has 1 atom stereocenters. The highest BCUT2D eigenvalue weighted by Gasteiger charge is 2.29. The van der Waals surface area contributed by atoms with Crippen LogP contribution in [0.1, 0.15) is 35.7 Å². The van der Waals surface area contributed by atoms with Crippen LogP contribution >= 0.6 is 11.6 Å². The van der Waals surface area contributed by atoms with Gasteiger partial charge in [-0.3, -0.25) is 4.79 Å². The molecular weight excluding hydrogens is 391 g/mol. The third kappa shape index (κ3) is 5.06. The molecule has 27 heavy (non-hydrogen) atoms. The summed E-state index contributed by atoms with van der Waals surface area (Å²) in [6.07, 6.45) is 2.31. The Morgan fingerprint density at radius 2 is 1.89 bits per heavy atom. The predicted molar refractivity (Wildman–Crippen MR) is 102 cm³/mol. The van der Waals surface area contributed by atoms with E-state index in [1.807, 2.05) is 6.92 Å². The average Bonchev–Trinajstić information content (AvgIpc) is 3.48. The molecule has 1 aliphatic carbocycles. The lowest BCUT2D eigenvalue weighted by Gasteiger charge is -2.13. The fraction of sp³-hybridized carbons (Fsp3) is 0.316. The lowest BCUT2D eigenvalue weighted by Crippen LogP contribution is -2.33. The molecule has 3 rings (SSSR count). The summed E-state index contributed by atoms with van der Waals surface area (Å²) in [5.41, 5.74) is 1.22. The highest BCUT2D eigenvalue weighted by atomic mass is 35.5. The van der Waals surface area contributed by atoms with Crippen molar-refractivity contribution in [3.8, 4) is 0 Å². The van der Waals surface area contributed by atoms with Gasteiger partial charge in [0.05, 0.1) is 9.92 Å². The van der Waals surface area contributed by atoms with Crippen molar-refractivity contribution < 1.29 is 17.6 Å². The van der Waals surface area contributed by atoms with Gasteiger partial charge >= 0.3 is 0 Å². The molecule has 0 heterocycles. The maximum Gasteiger partial charge on any atom is 0.251 e. The highest BCUT2D eigenvalue weighted by Crippen LogP contribution is 2.32. The van der Waals surface area contributed by atoms with Gasteiger partial charge in [-0.2, -0.15) is 0 Å². The first kappa shape index (κ1) is 19.8. The predicted octanol–water partition coefficient (Wildman–Crippen LogP) is 3.49. The van der Waals surface area contributed by atoms with Crippen LogP contribution in [0.4, 0.5) is 4.39 Å². The van der Waals surface area contributed by atoms with E-state index in [2.05, 4.69) is 10.0 Å². The molecule has 1 saturated carbocycles. The fourth-order valence-electron chi connectivity index (χ4n) is 2.68. The van der Waals surface area contributed by atoms with E-state index in [4.69, 9.17) is 11.6 Å². The molecule has 2 aromatic rings. The van der Waals surface area contributed by atoms with Gasteiger partial charge in [-0.25, -0.2) is 17.5 Å². The second-order valence-corrected chi connectivity index (χ2v) is 8.87. The van der Waals surface area contributed by atoms with Crippen LogP contribution in [0.2, 0.25) is 5.02 Å². The number of carbonyl (C=O) groups is 1. The maximum atomic E-state index is 13.2. The Labute approximate surface area is 163 Å². The van der Waals surface area contributed by atoms with Crippen molar-refractivity contribution in [2.75, 3.05) is 0 Å². The Morgan fingerprint density at radius 3 is 2.48 bits per heavy atom. The van der Waals surface area contributed by atoms with Gasteiger partial charge in [-0.1, -0.05) is 23.7 Å². The van der Waals surface area contributed by atoms with Crippen molar-refractivity contribution in [3.63, 3.8) is 0 Å². The van der Waals surface area contributed by atoms with Gasteiger partial charge in [0.1, 0.15) is 5.82 Å². The molecule has 2 aromatic carbocycles. The van der Waals surface area contributed by atoms with Crippen LogP contribution in [0.5, 0.6) is 0 Å². The second-order valence-electron chi connectivity index (χ2n) is 6.70. The summed E-state index contributed by atoms with van der Waals surface area (Å²) in [4.78, 5) is 12.1. The van der Waals surface area contributed by atoms with Gasteiger partial charge in [0.2, 0.25) is 10.0 Å². The van der Waals surface area contributed by atoms with Crippen molar-refractivity contribution >= 4 is 27.5 Å². The van der Waals surface area contributed by atoms with Crippen LogP contribution in [0.3, 0.4) is 0 Å². The molecule has 0 aliphatic heterocycles. The lowest BCUT2D eigenvalue weighted by molar-refractivity contribution is 0.0936. The number of nitrogens with one attached hydrogen (secondary N) is 2. The van der Waals surface area contributed by atoms with Gasteiger partial charge in [0, 0.05) is 18.2 Å². The molecule has 144 valence electrons. The summed E-state index contributed by atoms with van der Waals surface area (Å²) >= 11 is 5.64. The van der Waals surface area contributed by atoms with E-state index in [1.165, 1.54) is 0 Å². The largest absolute Gasteiger partial charge is 0.349 e. The molecule has 1 amide bonds. The van der Waals surface area contributed by atoms with Crippen molar-refractivity contribution in [3.05, 3.63) is 64.4 Å². The average molecular weight is 411 g/mol. The topological polar surface area (TPSA) is 75.3 Å². The van der Waals surface area contributed by atoms with E-state index in [1.54, 1.807) is 24.3 Å². The standard InChI is InChI=1S/C19H20ClFN2O3S/c1-12(14-6-7-14)23-19(24)15-4-2-13(3-5-15)11-22-27(25,26)16-8-9-18(21)17(20)10-16/h2-5,8-10,12,14,22H,6-7,11H2,1H3,(H,23,24)/t12-/m0/s1. The van der Waals surface area contributed by atoms with Crippen LogP contribution < -0.4 is 10.0 Å². The molecule has 0 spiro atoms. The summed E-state index contributed by atoms with van der Waals surface area (Å²) in [6.45, 7) is 2.04. The van der Waals surface area contributed by atoms with Crippen LogP contribution in [0.25, 0.3) is 0 Å². The highest BCUT2D eigenvalue weighted by molar-refractivity contribution is 7.89. The number of rotatable bonds is 7. The Bertz CT molecular complexity index is 944. The van der Waals surface area contributed by atoms with Crippen molar-refractivity contribution in [1.29, 1.82) is 0 Å². The van der Waals surface area contributed by atoms with E-state index < -0.39 is 15.8 Å².